The van der Waals surface area contributed by atoms with E-state index in [9.17, 15) is 31.5 Å². The maximum atomic E-state index is 12.7. The third kappa shape index (κ3) is 4.54. The third-order valence-corrected chi connectivity index (χ3v) is 6.49. The molecule has 7 nitrogen and oxygen atoms in total. The topological polar surface area (TPSA) is 90.0 Å². The average molecular weight is 430 g/mol. The highest BCUT2D eigenvalue weighted by Crippen LogP contribution is 2.33. The van der Waals surface area contributed by atoms with Gasteiger partial charge in [0.15, 0.2) is 0 Å². The molecule has 1 aliphatic rings. The van der Waals surface area contributed by atoms with Crippen LogP contribution in [0.2, 0.25) is 5.02 Å². The first-order valence-corrected chi connectivity index (χ1v) is 9.67. The summed E-state index contributed by atoms with van der Waals surface area (Å²) in [6.45, 7) is 2.02. The molecule has 1 fully saturated rings. The fourth-order valence-corrected chi connectivity index (χ4v) is 4.05. The van der Waals surface area contributed by atoms with E-state index in [2.05, 4.69) is 0 Å². The smallest absolute Gasteiger partial charge is 0.373 e. The first kappa shape index (κ1) is 21.9. The Hall–Kier alpha value is -1.40. The normalized spacial score (nSPS) is 19.5. The second-order valence-electron chi connectivity index (χ2n) is 6.37. The molecule has 1 aliphatic heterocycles. The van der Waals surface area contributed by atoms with E-state index in [1.165, 1.54) is 4.31 Å². The van der Waals surface area contributed by atoms with Crippen molar-refractivity contribution < 1.29 is 31.5 Å². The van der Waals surface area contributed by atoms with E-state index in [1.54, 1.807) is 0 Å². The fourth-order valence-electron chi connectivity index (χ4n) is 2.31. The minimum Gasteiger partial charge on any atom is -0.373 e. The van der Waals surface area contributed by atoms with Crippen LogP contribution in [0.4, 0.5) is 18.9 Å². The Morgan fingerprint density at radius 2 is 1.78 bits per heavy atom. The lowest BCUT2D eigenvalue weighted by Crippen LogP contribution is -2.52. The van der Waals surface area contributed by atoms with Crippen LogP contribution in [-0.4, -0.2) is 73.6 Å². The average Bonchev–Trinajstić information content (AvgIpc) is 2.55. The summed E-state index contributed by atoms with van der Waals surface area (Å²) in [6, 6.07) is 3.26. The van der Waals surface area contributed by atoms with E-state index < -0.39 is 27.7 Å². The zero-order chi connectivity index (χ0) is 20.6. The Morgan fingerprint density at radius 3 is 2.26 bits per heavy atom. The molecule has 0 bridgehead atoms. The maximum absolute atomic E-state index is 12.7. The standard InChI is InChI=1S/C15H19ClF3N3O4S/c1-14(24,15(17,18)19)13(23)20-12-4-3-10(9-11(12)16)27(25,26)22-7-5-21(2)6-8-22/h3-4,9,24H,5-8H2,1-2H3,(H,20,23)/t14-/m1/s1. The first-order chi connectivity index (χ1) is 12.3. The van der Waals surface area contributed by atoms with Crippen molar-refractivity contribution in [3.63, 3.8) is 0 Å². The van der Waals surface area contributed by atoms with Gasteiger partial charge in [-0.3, -0.25) is 4.79 Å². The molecule has 1 atom stereocenters. The highest BCUT2D eigenvalue weighted by Gasteiger charge is 2.55. The molecule has 1 heterocycles. The number of carbonyl (C=O) groups is 1. The van der Waals surface area contributed by atoms with Crippen LogP contribution in [0.25, 0.3) is 0 Å². The zero-order valence-electron chi connectivity index (χ0n) is 14.5. The summed E-state index contributed by atoms with van der Waals surface area (Å²) in [7, 11) is -1.96. The predicted octanol–water partition coefficient (Wildman–Crippen LogP) is 1.53. The Balaban J connectivity index is 2.22. The van der Waals surface area contributed by atoms with Gasteiger partial charge < -0.3 is 15.3 Å². The van der Waals surface area contributed by atoms with Crippen LogP contribution in [0, 0.1) is 0 Å². The quantitative estimate of drug-likeness (QED) is 0.757. The number of rotatable bonds is 4. The van der Waals surface area contributed by atoms with Crippen molar-refractivity contribution in [1.82, 2.24) is 9.21 Å². The van der Waals surface area contributed by atoms with Crippen LogP contribution in [0.1, 0.15) is 6.92 Å². The number of anilines is 1. The van der Waals surface area contributed by atoms with Crippen LogP contribution >= 0.6 is 11.6 Å². The molecule has 0 unspecified atom stereocenters. The number of nitrogens with zero attached hydrogens (tertiary/aromatic N) is 2. The van der Waals surface area contributed by atoms with Crippen molar-refractivity contribution in [3.05, 3.63) is 23.2 Å². The van der Waals surface area contributed by atoms with E-state index >= 15 is 0 Å². The molecule has 27 heavy (non-hydrogen) atoms. The SMILES string of the molecule is CN1CCN(S(=O)(=O)c2ccc(NC(=O)[C@@](C)(O)C(F)(F)F)c(Cl)c2)CC1. The van der Waals surface area contributed by atoms with E-state index in [-0.39, 0.29) is 15.6 Å². The minimum atomic E-state index is -5.19. The summed E-state index contributed by atoms with van der Waals surface area (Å²) >= 11 is 5.94. The monoisotopic (exact) mass is 429 g/mol. The fraction of sp³-hybridized carbons (Fsp3) is 0.533. The predicted molar refractivity (Wildman–Crippen MR) is 93.0 cm³/mol. The van der Waals surface area contributed by atoms with E-state index in [4.69, 9.17) is 11.6 Å². The molecular weight excluding hydrogens is 411 g/mol. The van der Waals surface area contributed by atoms with Crippen LogP contribution < -0.4 is 5.32 Å². The molecule has 12 heteroatoms. The van der Waals surface area contributed by atoms with Gasteiger partial charge in [0, 0.05) is 26.2 Å². The van der Waals surface area contributed by atoms with Gasteiger partial charge in [-0.05, 0) is 32.2 Å². The lowest BCUT2D eigenvalue weighted by atomic mass is 10.1. The third-order valence-electron chi connectivity index (χ3n) is 4.28. The molecule has 0 aliphatic carbocycles. The molecule has 1 amide bonds. The van der Waals surface area contributed by atoms with Gasteiger partial charge >= 0.3 is 6.18 Å². The second-order valence-corrected chi connectivity index (χ2v) is 8.72. The van der Waals surface area contributed by atoms with Gasteiger partial charge in [-0.1, -0.05) is 11.6 Å². The number of hydrogen-bond donors (Lipinski definition) is 2. The zero-order valence-corrected chi connectivity index (χ0v) is 16.1. The first-order valence-electron chi connectivity index (χ1n) is 7.85. The second kappa shape index (κ2) is 7.55. The van der Waals surface area contributed by atoms with Crippen LogP contribution in [0.5, 0.6) is 0 Å². The summed E-state index contributed by atoms with van der Waals surface area (Å²) in [6.07, 6.45) is -5.19. The van der Waals surface area contributed by atoms with Gasteiger partial charge in [0.2, 0.25) is 15.6 Å². The molecule has 2 N–H and O–H groups in total. The number of aliphatic hydroxyl groups is 1. The number of likely N-dealkylation sites (N-methyl/N-ethyl adjacent to an activating group) is 1. The van der Waals surface area contributed by atoms with E-state index in [0.717, 1.165) is 18.2 Å². The van der Waals surface area contributed by atoms with Crippen molar-refractivity contribution in [2.75, 3.05) is 38.5 Å². The van der Waals surface area contributed by atoms with Gasteiger partial charge in [-0.15, -0.1) is 0 Å². The summed E-state index contributed by atoms with van der Waals surface area (Å²) < 4.78 is 64.7. The Bertz CT molecular complexity index is 822. The summed E-state index contributed by atoms with van der Waals surface area (Å²) in [5.41, 5.74) is -3.87. The molecule has 0 aromatic heterocycles. The van der Waals surface area contributed by atoms with Crippen molar-refractivity contribution in [2.24, 2.45) is 0 Å². The number of piperazine rings is 1. The molecular formula is C15H19ClF3N3O4S. The van der Waals surface area contributed by atoms with Gasteiger partial charge in [0.05, 0.1) is 15.6 Å². The number of carbonyl (C=O) groups excluding carboxylic acids is 1. The van der Waals surface area contributed by atoms with Crippen molar-refractivity contribution >= 4 is 33.2 Å². The molecule has 1 aromatic carbocycles. The minimum absolute atomic E-state index is 0.141. The van der Waals surface area contributed by atoms with Crippen LogP contribution in [0.3, 0.4) is 0 Å². The Morgan fingerprint density at radius 1 is 1.22 bits per heavy atom. The number of halogens is 4. The number of amides is 1. The Labute approximate surface area is 159 Å². The van der Waals surface area contributed by atoms with E-state index in [1.807, 2.05) is 17.3 Å². The van der Waals surface area contributed by atoms with Crippen molar-refractivity contribution in [2.45, 2.75) is 23.6 Å². The number of alkyl halides is 3. The lowest BCUT2D eigenvalue weighted by molar-refractivity contribution is -0.242. The largest absolute Gasteiger partial charge is 0.426 e. The summed E-state index contributed by atoms with van der Waals surface area (Å²) in [5, 5.41) is 11.0. The van der Waals surface area contributed by atoms with Gasteiger partial charge in [0.25, 0.3) is 5.91 Å². The molecule has 1 saturated heterocycles. The van der Waals surface area contributed by atoms with E-state index in [0.29, 0.717) is 33.1 Å². The van der Waals surface area contributed by atoms with Crippen molar-refractivity contribution in [1.29, 1.82) is 0 Å². The van der Waals surface area contributed by atoms with Gasteiger partial charge in [-0.2, -0.15) is 17.5 Å². The molecule has 0 radical (unpaired) electrons. The van der Waals surface area contributed by atoms with Gasteiger partial charge in [0.1, 0.15) is 0 Å². The summed E-state index contributed by atoms with van der Waals surface area (Å²) in [4.78, 5) is 13.6. The Kier molecular flexibility index (Phi) is 6.12. The molecule has 152 valence electrons. The molecule has 2 rings (SSSR count). The molecule has 0 saturated carbocycles. The number of benzene rings is 1. The van der Waals surface area contributed by atoms with Crippen LogP contribution in [-0.2, 0) is 14.8 Å². The number of nitrogens with one attached hydrogen (secondary N) is 1. The highest BCUT2D eigenvalue weighted by atomic mass is 35.5. The highest BCUT2D eigenvalue weighted by molar-refractivity contribution is 7.89. The molecule has 0 spiro atoms. The lowest BCUT2D eigenvalue weighted by Gasteiger charge is -2.31. The maximum Gasteiger partial charge on any atom is 0.426 e. The number of sulfonamides is 1. The number of hydrogen-bond acceptors (Lipinski definition) is 5. The summed E-state index contributed by atoms with van der Waals surface area (Å²) in [5.74, 6) is -1.73. The molecule has 1 aromatic rings. The van der Waals surface area contributed by atoms with Crippen molar-refractivity contribution in [3.8, 4) is 0 Å². The van der Waals surface area contributed by atoms with Gasteiger partial charge in [-0.25, -0.2) is 8.42 Å². The van der Waals surface area contributed by atoms with Crippen LogP contribution in [0.15, 0.2) is 23.1 Å².